The van der Waals surface area contributed by atoms with Crippen molar-refractivity contribution in [3.05, 3.63) is 82.2 Å². The Kier molecular flexibility index (Phi) is 3.14. The molecular formula is C22H16O3. The molecule has 2 aliphatic rings. The molecular weight excluding hydrogens is 312 g/mol. The lowest BCUT2D eigenvalue weighted by molar-refractivity contribution is -0.362. The van der Waals surface area contributed by atoms with E-state index in [9.17, 15) is 4.79 Å². The standard InChI is InChI=1S/C22H16O3/c23-13-15-8-9-19-17(12-15)10-11-22(24-14-25-22)21(19)20-7-3-5-16-4-1-2-6-18(16)20/h1-10,12-13H,11,14H2. The normalized spacial score (nSPS) is 17.7. The minimum Gasteiger partial charge on any atom is -0.319 e. The first kappa shape index (κ1) is 14.6. The van der Waals surface area contributed by atoms with Crippen LogP contribution in [0.5, 0.6) is 0 Å². The zero-order chi connectivity index (χ0) is 16.9. The molecule has 1 aliphatic heterocycles. The highest BCUT2D eigenvalue weighted by Gasteiger charge is 2.45. The van der Waals surface area contributed by atoms with E-state index in [0.717, 1.165) is 27.9 Å². The molecule has 0 N–H and O–H groups in total. The van der Waals surface area contributed by atoms with Crippen molar-refractivity contribution in [3.8, 4) is 0 Å². The fraction of sp³-hybridized carbons (Fsp3) is 0.136. The molecule has 1 aliphatic carbocycles. The third-order valence-corrected chi connectivity index (χ3v) is 5.10. The lowest BCUT2D eigenvalue weighted by atomic mass is 9.85. The number of benzene rings is 3. The van der Waals surface area contributed by atoms with Gasteiger partial charge in [-0.1, -0.05) is 60.7 Å². The van der Waals surface area contributed by atoms with Gasteiger partial charge in [0.05, 0.1) is 0 Å². The minimum atomic E-state index is -0.722. The molecule has 3 aromatic rings. The summed E-state index contributed by atoms with van der Waals surface area (Å²) in [6.07, 6.45) is 3.61. The van der Waals surface area contributed by atoms with Crippen molar-refractivity contribution in [2.75, 3.05) is 6.79 Å². The van der Waals surface area contributed by atoms with E-state index in [4.69, 9.17) is 9.47 Å². The van der Waals surface area contributed by atoms with Gasteiger partial charge >= 0.3 is 0 Å². The highest BCUT2D eigenvalue weighted by molar-refractivity contribution is 5.95. The molecule has 0 unspecified atom stereocenters. The topological polar surface area (TPSA) is 35.5 Å². The summed E-state index contributed by atoms with van der Waals surface area (Å²) < 4.78 is 11.9. The highest BCUT2D eigenvalue weighted by Crippen LogP contribution is 2.41. The first-order valence-electron chi connectivity index (χ1n) is 8.37. The molecule has 122 valence electrons. The first-order chi connectivity index (χ1) is 12.3. The summed E-state index contributed by atoms with van der Waals surface area (Å²) in [7, 11) is 0. The zero-order valence-corrected chi connectivity index (χ0v) is 13.6. The van der Waals surface area contributed by atoms with Gasteiger partial charge in [0.1, 0.15) is 6.29 Å². The molecule has 0 radical (unpaired) electrons. The Balaban J connectivity index is 1.91. The molecule has 0 amide bonds. The van der Waals surface area contributed by atoms with Crippen LogP contribution in [0.1, 0.15) is 22.3 Å². The molecule has 3 nitrogen and oxygen atoms in total. The van der Waals surface area contributed by atoms with Gasteiger partial charge in [0, 0.05) is 17.6 Å². The number of carbonyl (C=O) groups is 1. The molecule has 3 heteroatoms. The summed E-state index contributed by atoms with van der Waals surface area (Å²) in [6, 6.07) is 20.4. The van der Waals surface area contributed by atoms with Crippen molar-refractivity contribution >= 4 is 28.7 Å². The maximum Gasteiger partial charge on any atom is 0.204 e. The molecule has 0 saturated carbocycles. The second kappa shape index (κ2) is 5.38. The smallest absolute Gasteiger partial charge is 0.204 e. The average Bonchev–Trinajstić information content (AvgIpc) is 2.65. The van der Waals surface area contributed by atoms with Crippen LogP contribution in [0.4, 0.5) is 0 Å². The number of hydrogen-bond donors (Lipinski definition) is 0. The van der Waals surface area contributed by atoms with Crippen molar-refractivity contribution in [2.24, 2.45) is 0 Å². The molecule has 0 atom stereocenters. The highest BCUT2D eigenvalue weighted by atomic mass is 16.9. The van der Waals surface area contributed by atoms with Crippen LogP contribution in [-0.2, 0) is 9.47 Å². The van der Waals surface area contributed by atoms with Gasteiger partial charge in [-0.15, -0.1) is 0 Å². The van der Waals surface area contributed by atoms with Gasteiger partial charge in [-0.05, 0) is 32.8 Å². The van der Waals surface area contributed by atoms with E-state index in [1.165, 1.54) is 10.8 Å². The van der Waals surface area contributed by atoms with Crippen LogP contribution in [0.2, 0.25) is 0 Å². The molecule has 3 aromatic carbocycles. The molecule has 1 spiro atoms. The summed E-state index contributed by atoms with van der Waals surface area (Å²) in [5, 5.41) is 4.47. The van der Waals surface area contributed by atoms with Crippen LogP contribution in [0, 0.1) is 0 Å². The zero-order valence-electron chi connectivity index (χ0n) is 13.6. The Morgan fingerprint density at radius 1 is 0.960 bits per heavy atom. The van der Waals surface area contributed by atoms with Gasteiger partial charge in [-0.3, -0.25) is 4.79 Å². The van der Waals surface area contributed by atoms with Crippen molar-refractivity contribution in [1.29, 1.82) is 0 Å². The largest absolute Gasteiger partial charge is 0.319 e. The quantitative estimate of drug-likeness (QED) is 0.679. The third-order valence-electron chi connectivity index (χ3n) is 5.10. The molecule has 1 heterocycles. The monoisotopic (exact) mass is 328 g/mol. The number of carbonyl (C=O) groups excluding carboxylic acids is 1. The third kappa shape index (κ3) is 2.10. The van der Waals surface area contributed by atoms with E-state index in [1.54, 1.807) is 0 Å². The van der Waals surface area contributed by atoms with Gasteiger partial charge in [0.25, 0.3) is 0 Å². The van der Waals surface area contributed by atoms with Crippen LogP contribution < -0.4 is 10.4 Å². The van der Waals surface area contributed by atoms with Crippen LogP contribution in [0.3, 0.4) is 0 Å². The molecule has 5 rings (SSSR count). The van der Waals surface area contributed by atoms with Crippen LogP contribution in [0.15, 0.2) is 60.7 Å². The Labute approximate surface area is 144 Å². The van der Waals surface area contributed by atoms with Crippen LogP contribution >= 0.6 is 0 Å². The summed E-state index contributed by atoms with van der Waals surface area (Å²) in [5.74, 6) is -0.722. The van der Waals surface area contributed by atoms with Crippen LogP contribution in [-0.4, -0.2) is 18.9 Å². The molecule has 1 saturated heterocycles. The Morgan fingerprint density at radius 3 is 2.60 bits per heavy atom. The fourth-order valence-corrected chi connectivity index (χ4v) is 3.86. The predicted octanol–water partition coefficient (Wildman–Crippen LogP) is 2.74. The first-order valence-corrected chi connectivity index (χ1v) is 8.37. The lowest BCUT2D eigenvalue weighted by Gasteiger charge is -2.44. The van der Waals surface area contributed by atoms with E-state index in [-0.39, 0.29) is 0 Å². The summed E-state index contributed by atoms with van der Waals surface area (Å²) in [6.45, 7) is 0.309. The number of fused-ring (bicyclic) bond motifs is 2. The van der Waals surface area contributed by atoms with E-state index in [0.29, 0.717) is 18.8 Å². The number of rotatable bonds is 2. The van der Waals surface area contributed by atoms with Crippen molar-refractivity contribution in [1.82, 2.24) is 0 Å². The SMILES string of the molecule is O=Cc1ccc2c(c1)=CCC1(OCO1)C=2c1cccc2ccccc12. The number of hydrogen-bond acceptors (Lipinski definition) is 3. The second-order valence-electron chi connectivity index (χ2n) is 6.43. The number of ether oxygens (including phenoxy) is 2. The van der Waals surface area contributed by atoms with E-state index in [1.807, 2.05) is 30.3 Å². The van der Waals surface area contributed by atoms with Gasteiger partial charge in [0.2, 0.25) is 5.79 Å². The van der Waals surface area contributed by atoms with Crippen molar-refractivity contribution in [2.45, 2.75) is 12.2 Å². The van der Waals surface area contributed by atoms with E-state index < -0.39 is 5.79 Å². The summed E-state index contributed by atoms with van der Waals surface area (Å²) in [4.78, 5) is 11.1. The Hall–Kier alpha value is -2.75. The van der Waals surface area contributed by atoms with Gasteiger partial charge < -0.3 is 9.47 Å². The number of aldehydes is 1. The summed E-state index contributed by atoms with van der Waals surface area (Å²) in [5.41, 5.74) is 2.84. The van der Waals surface area contributed by atoms with Crippen molar-refractivity contribution < 1.29 is 14.3 Å². The van der Waals surface area contributed by atoms with Gasteiger partial charge in [0.15, 0.2) is 6.79 Å². The molecule has 1 fully saturated rings. The van der Waals surface area contributed by atoms with Crippen molar-refractivity contribution in [3.63, 3.8) is 0 Å². The van der Waals surface area contributed by atoms with E-state index >= 15 is 0 Å². The van der Waals surface area contributed by atoms with Crippen LogP contribution in [0.25, 0.3) is 22.4 Å². The Bertz CT molecular complexity index is 1120. The fourth-order valence-electron chi connectivity index (χ4n) is 3.86. The maximum absolute atomic E-state index is 11.1. The maximum atomic E-state index is 11.1. The minimum absolute atomic E-state index is 0.309. The second-order valence-corrected chi connectivity index (χ2v) is 6.43. The van der Waals surface area contributed by atoms with E-state index in [2.05, 4.69) is 36.4 Å². The predicted molar refractivity (Wildman–Crippen MR) is 96.4 cm³/mol. The molecule has 25 heavy (non-hydrogen) atoms. The lowest BCUT2D eigenvalue weighted by Crippen LogP contribution is -2.53. The average molecular weight is 328 g/mol. The van der Waals surface area contributed by atoms with Gasteiger partial charge in [-0.2, -0.15) is 0 Å². The summed E-state index contributed by atoms with van der Waals surface area (Å²) >= 11 is 0. The molecule has 0 bridgehead atoms. The Morgan fingerprint density at radius 2 is 1.80 bits per heavy atom. The molecule has 0 aromatic heterocycles. The van der Waals surface area contributed by atoms with Gasteiger partial charge in [-0.25, -0.2) is 0 Å².